The molecule has 1 aromatic rings. The zero-order valence-electron chi connectivity index (χ0n) is 11.9. The molecule has 0 aliphatic carbocycles. The quantitative estimate of drug-likeness (QED) is 0.683. The van der Waals surface area contributed by atoms with Crippen molar-refractivity contribution in [1.29, 1.82) is 0 Å². The highest BCUT2D eigenvalue weighted by atomic mass is 79.9. The largest absolute Gasteiger partial charge is 0.493 e. The number of hydrogen-bond donors (Lipinski definition) is 2. The van der Waals surface area contributed by atoms with Crippen LogP contribution in [-0.4, -0.2) is 33.9 Å². The van der Waals surface area contributed by atoms with Crippen LogP contribution in [0.5, 0.6) is 11.5 Å². The van der Waals surface area contributed by atoms with Gasteiger partial charge in [-0.2, -0.15) is 0 Å². The molecule has 1 rings (SSSR count). The molecule has 0 fully saturated rings. The molecule has 1 aromatic carbocycles. The maximum atomic E-state index is 5.54. The lowest BCUT2D eigenvalue weighted by Crippen LogP contribution is -2.19. The van der Waals surface area contributed by atoms with E-state index in [1.807, 2.05) is 26.1 Å². The minimum absolute atomic E-state index is 0.629. The topological polar surface area (TPSA) is 42.5 Å². The standard InChI is InChI=1S/C14H23BrN2O2/c1-4-19-14-9-12(15)11(8-13(14)18-3)10-17-7-5-6-16-2/h8-9,16-17H,4-7,10H2,1-3H3. The first-order valence-corrected chi connectivity index (χ1v) is 7.36. The average molecular weight is 331 g/mol. The van der Waals surface area contributed by atoms with Crippen molar-refractivity contribution in [2.75, 3.05) is 33.9 Å². The predicted octanol–water partition coefficient (Wildman–Crippen LogP) is 2.56. The van der Waals surface area contributed by atoms with Crippen LogP contribution in [0.2, 0.25) is 0 Å². The van der Waals surface area contributed by atoms with Crippen molar-refractivity contribution in [2.45, 2.75) is 19.9 Å². The normalized spacial score (nSPS) is 10.5. The second-order valence-electron chi connectivity index (χ2n) is 4.16. The van der Waals surface area contributed by atoms with Crippen LogP contribution in [0.4, 0.5) is 0 Å². The molecule has 0 unspecified atom stereocenters. The highest BCUT2D eigenvalue weighted by Gasteiger charge is 2.09. The van der Waals surface area contributed by atoms with Crippen molar-refractivity contribution >= 4 is 15.9 Å². The Balaban J connectivity index is 2.62. The summed E-state index contributed by atoms with van der Waals surface area (Å²) in [5, 5.41) is 6.55. The minimum atomic E-state index is 0.629. The third-order valence-corrected chi connectivity index (χ3v) is 3.47. The summed E-state index contributed by atoms with van der Waals surface area (Å²) in [4.78, 5) is 0. The van der Waals surface area contributed by atoms with E-state index in [0.29, 0.717) is 6.61 Å². The Hall–Kier alpha value is -0.780. The SMILES string of the molecule is CCOc1cc(Br)c(CNCCCNC)cc1OC. The van der Waals surface area contributed by atoms with E-state index in [0.717, 1.165) is 42.0 Å². The molecule has 0 amide bonds. The molecular formula is C14H23BrN2O2. The van der Waals surface area contributed by atoms with Gasteiger partial charge in [-0.15, -0.1) is 0 Å². The molecular weight excluding hydrogens is 308 g/mol. The second-order valence-corrected chi connectivity index (χ2v) is 5.02. The molecule has 0 saturated carbocycles. The first-order valence-electron chi connectivity index (χ1n) is 6.57. The molecule has 0 heterocycles. The molecule has 108 valence electrons. The Morgan fingerprint density at radius 3 is 2.63 bits per heavy atom. The Bertz CT molecular complexity index is 386. The van der Waals surface area contributed by atoms with Crippen molar-refractivity contribution in [3.8, 4) is 11.5 Å². The molecule has 19 heavy (non-hydrogen) atoms. The summed E-state index contributed by atoms with van der Waals surface area (Å²) in [6, 6.07) is 3.98. The van der Waals surface area contributed by atoms with Gasteiger partial charge in [0.25, 0.3) is 0 Å². The third kappa shape index (κ3) is 5.38. The van der Waals surface area contributed by atoms with Crippen LogP contribution in [0.3, 0.4) is 0 Å². The zero-order valence-corrected chi connectivity index (χ0v) is 13.5. The number of methoxy groups -OCH3 is 1. The van der Waals surface area contributed by atoms with Gasteiger partial charge in [-0.3, -0.25) is 0 Å². The van der Waals surface area contributed by atoms with Crippen molar-refractivity contribution in [2.24, 2.45) is 0 Å². The Morgan fingerprint density at radius 2 is 2.00 bits per heavy atom. The first kappa shape index (κ1) is 16.3. The van der Waals surface area contributed by atoms with E-state index in [9.17, 15) is 0 Å². The molecule has 0 spiro atoms. The van der Waals surface area contributed by atoms with Gasteiger partial charge in [-0.05, 0) is 51.2 Å². The molecule has 0 atom stereocenters. The van der Waals surface area contributed by atoms with Gasteiger partial charge in [-0.25, -0.2) is 0 Å². The number of nitrogens with one attached hydrogen (secondary N) is 2. The summed E-state index contributed by atoms with van der Waals surface area (Å²) >= 11 is 3.58. The van der Waals surface area contributed by atoms with Crippen molar-refractivity contribution in [3.63, 3.8) is 0 Å². The lowest BCUT2D eigenvalue weighted by Gasteiger charge is -2.13. The van der Waals surface area contributed by atoms with Crippen LogP contribution < -0.4 is 20.1 Å². The summed E-state index contributed by atoms with van der Waals surface area (Å²) < 4.78 is 11.9. The van der Waals surface area contributed by atoms with Gasteiger partial charge in [-0.1, -0.05) is 15.9 Å². The van der Waals surface area contributed by atoms with E-state index in [2.05, 4.69) is 26.6 Å². The van der Waals surface area contributed by atoms with E-state index < -0.39 is 0 Å². The Morgan fingerprint density at radius 1 is 1.21 bits per heavy atom. The molecule has 0 aromatic heterocycles. The molecule has 2 N–H and O–H groups in total. The van der Waals surface area contributed by atoms with Crippen molar-refractivity contribution in [1.82, 2.24) is 10.6 Å². The van der Waals surface area contributed by atoms with E-state index in [-0.39, 0.29) is 0 Å². The fourth-order valence-electron chi connectivity index (χ4n) is 1.75. The number of benzene rings is 1. The fourth-order valence-corrected chi connectivity index (χ4v) is 2.22. The molecule has 0 radical (unpaired) electrons. The number of rotatable bonds is 9. The fraction of sp³-hybridized carbons (Fsp3) is 0.571. The molecule has 0 bridgehead atoms. The van der Waals surface area contributed by atoms with Gasteiger partial charge in [0, 0.05) is 11.0 Å². The predicted molar refractivity (Wildman–Crippen MR) is 82.1 cm³/mol. The van der Waals surface area contributed by atoms with Crippen LogP contribution in [0.25, 0.3) is 0 Å². The van der Waals surface area contributed by atoms with E-state index in [1.54, 1.807) is 7.11 Å². The second kappa shape index (κ2) is 9.18. The Kier molecular flexibility index (Phi) is 7.86. The van der Waals surface area contributed by atoms with Gasteiger partial charge in [0.2, 0.25) is 0 Å². The summed E-state index contributed by atoms with van der Waals surface area (Å²) in [6.07, 6.45) is 1.11. The van der Waals surface area contributed by atoms with Gasteiger partial charge >= 0.3 is 0 Å². The maximum Gasteiger partial charge on any atom is 0.162 e. The maximum absolute atomic E-state index is 5.54. The highest BCUT2D eigenvalue weighted by Crippen LogP contribution is 2.33. The van der Waals surface area contributed by atoms with Gasteiger partial charge in [0.1, 0.15) is 0 Å². The molecule has 0 aliphatic heterocycles. The van der Waals surface area contributed by atoms with Gasteiger partial charge in [0.15, 0.2) is 11.5 Å². The molecule has 5 heteroatoms. The van der Waals surface area contributed by atoms with Crippen LogP contribution in [0, 0.1) is 0 Å². The van der Waals surface area contributed by atoms with Crippen molar-refractivity contribution in [3.05, 3.63) is 22.2 Å². The van der Waals surface area contributed by atoms with E-state index in [4.69, 9.17) is 9.47 Å². The first-order chi connectivity index (χ1) is 9.22. The number of hydrogen-bond acceptors (Lipinski definition) is 4. The summed E-state index contributed by atoms with van der Waals surface area (Å²) in [5.74, 6) is 1.55. The summed E-state index contributed by atoms with van der Waals surface area (Å²) in [6.45, 7) is 5.42. The zero-order chi connectivity index (χ0) is 14.1. The Labute approximate surface area is 124 Å². The van der Waals surface area contributed by atoms with E-state index >= 15 is 0 Å². The van der Waals surface area contributed by atoms with Crippen LogP contribution in [-0.2, 0) is 6.54 Å². The van der Waals surface area contributed by atoms with Gasteiger partial charge in [0.05, 0.1) is 13.7 Å². The average Bonchev–Trinajstić information content (AvgIpc) is 2.41. The number of halogens is 1. The third-order valence-electron chi connectivity index (χ3n) is 2.73. The number of ether oxygens (including phenoxy) is 2. The summed E-state index contributed by atoms with van der Waals surface area (Å²) in [5.41, 5.74) is 1.17. The molecule has 4 nitrogen and oxygen atoms in total. The molecule has 0 aliphatic rings. The van der Waals surface area contributed by atoms with Crippen LogP contribution in [0.1, 0.15) is 18.9 Å². The molecule has 0 saturated heterocycles. The smallest absolute Gasteiger partial charge is 0.162 e. The summed E-state index contributed by atoms with van der Waals surface area (Å²) in [7, 11) is 3.63. The highest BCUT2D eigenvalue weighted by molar-refractivity contribution is 9.10. The minimum Gasteiger partial charge on any atom is -0.493 e. The van der Waals surface area contributed by atoms with Crippen molar-refractivity contribution < 1.29 is 9.47 Å². The lowest BCUT2D eigenvalue weighted by atomic mass is 10.2. The lowest BCUT2D eigenvalue weighted by molar-refractivity contribution is 0.310. The van der Waals surface area contributed by atoms with Crippen LogP contribution in [0.15, 0.2) is 16.6 Å². The monoisotopic (exact) mass is 330 g/mol. The van der Waals surface area contributed by atoms with E-state index in [1.165, 1.54) is 5.56 Å². The van der Waals surface area contributed by atoms with Gasteiger partial charge < -0.3 is 20.1 Å². The van der Waals surface area contributed by atoms with Crippen LogP contribution >= 0.6 is 15.9 Å².